The summed E-state index contributed by atoms with van der Waals surface area (Å²) in [5, 5.41) is 0. The molecule has 0 bridgehead atoms. The van der Waals surface area contributed by atoms with E-state index in [1.165, 1.54) is 12.1 Å². The first-order valence-electron chi connectivity index (χ1n) is 9.65. The Balaban J connectivity index is 1.20. The molecule has 0 spiro atoms. The number of benzene rings is 1. The van der Waals surface area contributed by atoms with Crippen LogP contribution in [0.3, 0.4) is 0 Å². The van der Waals surface area contributed by atoms with Gasteiger partial charge in [-0.25, -0.2) is 9.37 Å². The standard InChI is InChI=1S/C21H22FN5O/c22-16-4-6-17(7-5-16)24-9-11-25(12-10-24)18-14-26(15-18)20-13-21(28)27-8-2-1-3-19(27)23-20/h1-8,13,18H,9-12,14-15H2. The highest BCUT2D eigenvalue weighted by molar-refractivity contribution is 5.50. The van der Waals surface area contributed by atoms with Crippen molar-refractivity contribution in [3.05, 3.63) is 70.9 Å². The van der Waals surface area contributed by atoms with Crippen LogP contribution in [-0.2, 0) is 0 Å². The molecular weight excluding hydrogens is 357 g/mol. The number of halogens is 1. The molecule has 0 amide bonds. The summed E-state index contributed by atoms with van der Waals surface area (Å²) in [4.78, 5) is 23.9. The Kier molecular flexibility index (Phi) is 4.24. The zero-order valence-electron chi connectivity index (χ0n) is 15.5. The molecule has 0 atom stereocenters. The molecule has 1 aromatic carbocycles. The second-order valence-corrected chi connectivity index (χ2v) is 7.44. The van der Waals surface area contributed by atoms with Gasteiger partial charge in [-0.2, -0.15) is 0 Å². The lowest BCUT2D eigenvalue weighted by Gasteiger charge is -2.48. The summed E-state index contributed by atoms with van der Waals surface area (Å²) in [6, 6.07) is 14.4. The molecule has 2 aliphatic rings. The van der Waals surface area contributed by atoms with Crippen molar-refractivity contribution < 1.29 is 4.39 Å². The molecule has 144 valence electrons. The van der Waals surface area contributed by atoms with E-state index in [1.807, 2.05) is 30.3 Å². The highest BCUT2D eigenvalue weighted by atomic mass is 19.1. The van der Waals surface area contributed by atoms with Crippen LogP contribution in [0.2, 0.25) is 0 Å². The number of hydrogen-bond acceptors (Lipinski definition) is 5. The number of fused-ring (bicyclic) bond motifs is 1. The van der Waals surface area contributed by atoms with Crippen LogP contribution in [-0.4, -0.2) is 59.6 Å². The first-order valence-corrected chi connectivity index (χ1v) is 9.65. The van der Waals surface area contributed by atoms with E-state index >= 15 is 0 Å². The molecule has 6 nitrogen and oxygen atoms in total. The second kappa shape index (κ2) is 6.91. The molecule has 4 heterocycles. The number of piperazine rings is 1. The third kappa shape index (κ3) is 3.11. The number of rotatable bonds is 3. The highest BCUT2D eigenvalue weighted by Gasteiger charge is 2.34. The van der Waals surface area contributed by atoms with Crippen LogP contribution in [0.1, 0.15) is 0 Å². The molecule has 28 heavy (non-hydrogen) atoms. The van der Waals surface area contributed by atoms with Gasteiger partial charge in [0.1, 0.15) is 17.3 Å². The van der Waals surface area contributed by atoms with E-state index in [9.17, 15) is 9.18 Å². The van der Waals surface area contributed by atoms with Gasteiger partial charge in [0.2, 0.25) is 0 Å². The van der Waals surface area contributed by atoms with Crippen molar-refractivity contribution in [2.45, 2.75) is 6.04 Å². The smallest absolute Gasteiger partial charge is 0.259 e. The molecule has 0 aliphatic carbocycles. The molecule has 5 rings (SSSR count). The van der Waals surface area contributed by atoms with Crippen LogP contribution < -0.4 is 15.4 Å². The van der Waals surface area contributed by atoms with Crippen molar-refractivity contribution in [2.75, 3.05) is 49.1 Å². The Labute approximate surface area is 162 Å². The summed E-state index contributed by atoms with van der Waals surface area (Å²) < 4.78 is 14.7. The minimum absolute atomic E-state index is 0.0445. The van der Waals surface area contributed by atoms with Gasteiger partial charge in [-0.3, -0.25) is 14.1 Å². The Bertz CT molecular complexity index is 1040. The Morgan fingerprint density at radius 1 is 0.929 bits per heavy atom. The van der Waals surface area contributed by atoms with Crippen LogP contribution in [0, 0.1) is 5.82 Å². The van der Waals surface area contributed by atoms with Crippen molar-refractivity contribution in [1.29, 1.82) is 0 Å². The first kappa shape index (κ1) is 17.2. The van der Waals surface area contributed by atoms with Crippen molar-refractivity contribution in [1.82, 2.24) is 14.3 Å². The third-order valence-electron chi connectivity index (χ3n) is 5.77. The minimum Gasteiger partial charge on any atom is -0.369 e. The monoisotopic (exact) mass is 379 g/mol. The quantitative estimate of drug-likeness (QED) is 0.695. The van der Waals surface area contributed by atoms with E-state index in [2.05, 4.69) is 19.7 Å². The molecule has 7 heteroatoms. The average Bonchev–Trinajstić information content (AvgIpc) is 2.68. The molecule has 2 saturated heterocycles. The summed E-state index contributed by atoms with van der Waals surface area (Å²) in [6.45, 7) is 5.65. The predicted molar refractivity (Wildman–Crippen MR) is 108 cm³/mol. The second-order valence-electron chi connectivity index (χ2n) is 7.44. The van der Waals surface area contributed by atoms with Crippen LogP contribution in [0.25, 0.3) is 5.65 Å². The maximum Gasteiger partial charge on any atom is 0.259 e. The Hall–Kier alpha value is -2.93. The Morgan fingerprint density at radius 2 is 1.68 bits per heavy atom. The zero-order valence-corrected chi connectivity index (χ0v) is 15.5. The van der Waals surface area contributed by atoms with Gasteiger partial charge in [-0.1, -0.05) is 6.07 Å². The maximum atomic E-state index is 13.1. The number of hydrogen-bond donors (Lipinski definition) is 0. The zero-order chi connectivity index (χ0) is 19.1. The van der Waals surface area contributed by atoms with E-state index < -0.39 is 0 Å². The van der Waals surface area contributed by atoms with Crippen molar-refractivity contribution in [3.63, 3.8) is 0 Å². The molecule has 3 aromatic rings. The van der Waals surface area contributed by atoms with Crippen LogP contribution >= 0.6 is 0 Å². The van der Waals surface area contributed by atoms with E-state index in [0.29, 0.717) is 11.7 Å². The summed E-state index contributed by atoms with van der Waals surface area (Å²) in [5.41, 5.74) is 1.72. The number of nitrogens with zero attached hydrogens (tertiary/aromatic N) is 5. The molecule has 2 fully saturated rings. The molecule has 2 aromatic heterocycles. The van der Waals surface area contributed by atoms with Crippen molar-refractivity contribution in [2.24, 2.45) is 0 Å². The number of pyridine rings is 1. The van der Waals surface area contributed by atoms with Gasteiger partial charge < -0.3 is 9.80 Å². The molecular formula is C21H22FN5O. The largest absolute Gasteiger partial charge is 0.369 e. The molecule has 0 radical (unpaired) electrons. The van der Waals surface area contributed by atoms with Gasteiger partial charge in [0.05, 0.1) is 0 Å². The summed E-state index contributed by atoms with van der Waals surface area (Å²) >= 11 is 0. The molecule has 0 saturated carbocycles. The predicted octanol–water partition coefficient (Wildman–Crippen LogP) is 1.84. The summed E-state index contributed by atoms with van der Waals surface area (Å²) in [7, 11) is 0. The van der Waals surface area contributed by atoms with Gasteiger partial charge in [0.15, 0.2) is 0 Å². The summed E-state index contributed by atoms with van der Waals surface area (Å²) in [6.07, 6.45) is 1.74. The van der Waals surface area contributed by atoms with Crippen LogP contribution in [0.15, 0.2) is 59.5 Å². The Morgan fingerprint density at radius 3 is 2.43 bits per heavy atom. The molecule has 0 unspecified atom stereocenters. The lowest BCUT2D eigenvalue weighted by atomic mass is 10.1. The van der Waals surface area contributed by atoms with Crippen LogP contribution in [0.4, 0.5) is 15.9 Å². The fourth-order valence-electron chi connectivity index (χ4n) is 4.07. The lowest BCUT2D eigenvalue weighted by Crippen LogP contribution is -2.63. The van der Waals surface area contributed by atoms with Gasteiger partial charge >= 0.3 is 0 Å². The van der Waals surface area contributed by atoms with Crippen LogP contribution in [0.5, 0.6) is 0 Å². The molecule has 0 N–H and O–H groups in total. The summed E-state index contributed by atoms with van der Waals surface area (Å²) in [5.74, 6) is 0.566. The van der Waals surface area contributed by atoms with E-state index in [0.717, 1.165) is 50.8 Å². The number of anilines is 2. The third-order valence-corrected chi connectivity index (χ3v) is 5.77. The topological polar surface area (TPSA) is 44.1 Å². The van der Waals surface area contributed by atoms with E-state index in [4.69, 9.17) is 0 Å². The lowest BCUT2D eigenvalue weighted by molar-refractivity contribution is 0.157. The fourth-order valence-corrected chi connectivity index (χ4v) is 4.07. The van der Waals surface area contributed by atoms with Crippen molar-refractivity contribution in [3.8, 4) is 0 Å². The minimum atomic E-state index is -0.195. The SMILES string of the molecule is O=c1cc(N2CC(N3CCN(c4ccc(F)cc4)CC3)C2)nc2ccccn12. The van der Waals surface area contributed by atoms with Gasteiger partial charge in [-0.05, 0) is 36.4 Å². The molecule has 2 aliphatic heterocycles. The van der Waals surface area contributed by atoms with E-state index in [1.54, 1.807) is 16.7 Å². The van der Waals surface area contributed by atoms with Gasteiger partial charge in [0, 0.05) is 63.3 Å². The first-order chi connectivity index (χ1) is 13.7. The van der Waals surface area contributed by atoms with Gasteiger partial charge in [0.25, 0.3) is 5.56 Å². The van der Waals surface area contributed by atoms with Gasteiger partial charge in [-0.15, -0.1) is 0 Å². The van der Waals surface area contributed by atoms with Crippen molar-refractivity contribution >= 4 is 17.2 Å². The normalized spacial score (nSPS) is 18.5. The maximum absolute atomic E-state index is 13.1. The fraction of sp³-hybridized carbons (Fsp3) is 0.333. The average molecular weight is 379 g/mol. The van der Waals surface area contributed by atoms with E-state index in [-0.39, 0.29) is 11.4 Å². The number of aromatic nitrogens is 2. The highest BCUT2D eigenvalue weighted by Crippen LogP contribution is 2.24.